The topological polar surface area (TPSA) is 60.8 Å². The van der Waals surface area contributed by atoms with Gasteiger partial charge in [-0.1, -0.05) is 65.8 Å². The van der Waals surface area contributed by atoms with Crippen LogP contribution in [0.5, 0.6) is 0 Å². The summed E-state index contributed by atoms with van der Waals surface area (Å²) in [5, 5.41) is 6.97. The van der Waals surface area contributed by atoms with E-state index in [0.717, 1.165) is 0 Å². The number of nitrogens with one attached hydrogen (secondary N) is 1. The molecule has 2 aromatic carbocycles. The Hall–Kier alpha value is -2.00. The highest BCUT2D eigenvalue weighted by molar-refractivity contribution is 5.85. The Kier molecular flexibility index (Phi) is 7.22. The van der Waals surface area contributed by atoms with Crippen LogP contribution in [0, 0.1) is 0 Å². The van der Waals surface area contributed by atoms with Crippen molar-refractivity contribution in [1.29, 1.82) is 0 Å². The van der Waals surface area contributed by atoms with Crippen LogP contribution in [0.4, 0.5) is 0 Å². The van der Waals surface area contributed by atoms with E-state index in [9.17, 15) is 0 Å². The Morgan fingerprint density at radius 2 is 1.45 bits per heavy atom. The summed E-state index contributed by atoms with van der Waals surface area (Å²) in [6.07, 6.45) is 0. The van der Waals surface area contributed by atoms with Crippen molar-refractivity contribution < 1.29 is 0 Å². The predicted octanol–water partition coefficient (Wildman–Crippen LogP) is 4.10. The second-order valence-corrected chi connectivity index (χ2v) is 4.16. The zero-order valence-corrected chi connectivity index (χ0v) is 11.8. The predicted molar refractivity (Wildman–Crippen MR) is 84.0 cm³/mol. The highest BCUT2D eigenvalue weighted by Crippen LogP contribution is 2.21. The molecule has 2 aromatic rings. The van der Waals surface area contributed by atoms with E-state index >= 15 is 0 Å². The Morgan fingerprint density at radius 1 is 0.950 bits per heavy atom. The average molecular weight is 289 g/mol. The average Bonchev–Trinajstić information content (AvgIpc) is 2.49. The van der Waals surface area contributed by atoms with Crippen LogP contribution < -0.4 is 5.32 Å². The zero-order chi connectivity index (χ0) is 13.3. The molecule has 4 nitrogen and oxygen atoms in total. The molecule has 0 spiro atoms. The summed E-state index contributed by atoms with van der Waals surface area (Å²) in [5.74, 6) is 0. The number of hydrogen-bond donors (Lipinski definition) is 1. The molecule has 5 heteroatoms. The molecule has 0 radical (unpaired) electrons. The van der Waals surface area contributed by atoms with Gasteiger partial charge in [0.05, 0.1) is 6.04 Å². The Balaban J connectivity index is 0.00000200. The second kappa shape index (κ2) is 8.99. The van der Waals surface area contributed by atoms with Gasteiger partial charge in [-0.2, -0.15) is 0 Å². The monoisotopic (exact) mass is 288 g/mol. The lowest BCUT2D eigenvalue weighted by molar-refractivity contribution is 0.611. The van der Waals surface area contributed by atoms with Gasteiger partial charge in [-0.05, 0) is 16.7 Å². The first kappa shape index (κ1) is 16.1. The van der Waals surface area contributed by atoms with Gasteiger partial charge in [-0.3, -0.25) is 0 Å². The quantitative estimate of drug-likeness (QED) is 0.370. The fourth-order valence-corrected chi connectivity index (χ4v) is 2.02. The highest BCUT2D eigenvalue weighted by atomic mass is 35.5. The molecule has 20 heavy (non-hydrogen) atoms. The third-order valence-electron chi connectivity index (χ3n) is 2.89. The molecule has 2 rings (SSSR count). The maximum Gasteiger partial charge on any atom is 0.0576 e. The van der Waals surface area contributed by atoms with Gasteiger partial charge in [-0.15, -0.1) is 12.4 Å². The van der Waals surface area contributed by atoms with Crippen LogP contribution in [0.15, 0.2) is 65.8 Å². The standard InChI is InChI=1S/C15H16N4.ClH/c16-19-18-12-11-17-15(13-7-3-1-4-8-13)14-9-5-2-6-10-14;/h1-10,15,17H,11-12H2;1H. The first-order valence-electron chi connectivity index (χ1n) is 6.26. The van der Waals surface area contributed by atoms with E-state index in [1.165, 1.54) is 11.1 Å². The van der Waals surface area contributed by atoms with Crippen LogP contribution in [-0.4, -0.2) is 13.1 Å². The number of hydrogen-bond acceptors (Lipinski definition) is 2. The minimum absolute atomic E-state index is 0. The molecule has 0 unspecified atom stereocenters. The zero-order valence-electron chi connectivity index (χ0n) is 11.0. The summed E-state index contributed by atoms with van der Waals surface area (Å²) in [6.45, 7) is 1.10. The maximum atomic E-state index is 8.30. The third-order valence-corrected chi connectivity index (χ3v) is 2.89. The van der Waals surface area contributed by atoms with E-state index in [0.29, 0.717) is 13.1 Å². The molecule has 0 aliphatic heterocycles. The summed E-state index contributed by atoms with van der Waals surface area (Å²) in [7, 11) is 0. The van der Waals surface area contributed by atoms with Gasteiger partial charge in [0.15, 0.2) is 0 Å². The largest absolute Gasteiger partial charge is 0.306 e. The number of nitrogens with zero attached hydrogens (tertiary/aromatic N) is 3. The van der Waals surface area contributed by atoms with Gasteiger partial charge in [-0.25, -0.2) is 0 Å². The minimum atomic E-state index is 0. The summed E-state index contributed by atoms with van der Waals surface area (Å²) in [5.41, 5.74) is 10.7. The molecule has 0 aromatic heterocycles. The molecule has 0 saturated heterocycles. The molecule has 104 valence electrons. The van der Waals surface area contributed by atoms with Crippen LogP contribution in [0.3, 0.4) is 0 Å². The smallest absolute Gasteiger partial charge is 0.0576 e. The van der Waals surface area contributed by atoms with Crippen molar-refractivity contribution >= 4 is 12.4 Å². The highest BCUT2D eigenvalue weighted by Gasteiger charge is 2.11. The molecule has 0 heterocycles. The Bertz CT molecular complexity index is 499. The van der Waals surface area contributed by atoms with E-state index in [4.69, 9.17) is 5.53 Å². The molecule has 0 fully saturated rings. The molecule has 0 aliphatic carbocycles. The lowest BCUT2D eigenvalue weighted by Crippen LogP contribution is -2.24. The van der Waals surface area contributed by atoms with Gasteiger partial charge in [0, 0.05) is 18.0 Å². The normalized spacial score (nSPS) is 9.65. The summed E-state index contributed by atoms with van der Waals surface area (Å²) < 4.78 is 0. The van der Waals surface area contributed by atoms with Gasteiger partial charge >= 0.3 is 0 Å². The van der Waals surface area contributed by atoms with E-state index in [-0.39, 0.29) is 18.4 Å². The fraction of sp³-hybridized carbons (Fsp3) is 0.200. The van der Waals surface area contributed by atoms with Crippen molar-refractivity contribution in [3.63, 3.8) is 0 Å². The molecule has 0 amide bonds. The third kappa shape index (κ3) is 4.59. The first-order valence-corrected chi connectivity index (χ1v) is 6.26. The lowest BCUT2D eigenvalue weighted by atomic mass is 9.99. The number of halogens is 1. The van der Waals surface area contributed by atoms with Crippen molar-refractivity contribution in [1.82, 2.24) is 5.32 Å². The number of rotatable bonds is 6. The van der Waals surface area contributed by atoms with Crippen molar-refractivity contribution in [2.75, 3.05) is 13.1 Å². The molecule has 0 aliphatic rings. The van der Waals surface area contributed by atoms with Crippen molar-refractivity contribution in [2.45, 2.75) is 6.04 Å². The second-order valence-electron chi connectivity index (χ2n) is 4.16. The maximum absolute atomic E-state index is 8.30. The molecule has 0 saturated carbocycles. The van der Waals surface area contributed by atoms with E-state index < -0.39 is 0 Å². The van der Waals surface area contributed by atoms with E-state index in [2.05, 4.69) is 39.6 Å². The number of azide groups is 1. The molecular weight excluding hydrogens is 272 g/mol. The van der Waals surface area contributed by atoms with Gasteiger partial charge in [0.1, 0.15) is 0 Å². The summed E-state index contributed by atoms with van der Waals surface area (Å²) in [4.78, 5) is 2.76. The van der Waals surface area contributed by atoms with Crippen molar-refractivity contribution in [3.8, 4) is 0 Å². The van der Waals surface area contributed by atoms with Gasteiger partial charge in [0.2, 0.25) is 0 Å². The Morgan fingerprint density at radius 3 is 1.90 bits per heavy atom. The van der Waals surface area contributed by atoms with Crippen molar-refractivity contribution in [3.05, 3.63) is 82.2 Å². The van der Waals surface area contributed by atoms with E-state index in [1.807, 2.05) is 36.4 Å². The van der Waals surface area contributed by atoms with Crippen LogP contribution in [0.1, 0.15) is 17.2 Å². The van der Waals surface area contributed by atoms with Gasteiger partial charge < -0.3 is 5.32 Å². The SMILES string of the molecule is Cl.[N-]=[N+]=NCCNC(c1ccccc1)c1ccccc1. The summed E-state index contributed by atoms with van der Waals surface area (Å²) in [6, 6.07) is 20.6. The van der Waals surface area contributed by atoms with E-state index in [1.54, 1.807) is 0 Å². The lowest BCUT2D eigenvalue weighted by Gasteiger charge is -2.19. The fourth-order valence-electron chi connectivity index (χ4n) is 2.02. The van der Waals surface area contributed by atoms with Crippen LogP contribution >= 0.6 is 12.4 Å². The molecule has 0 bridgehead atoms. The van der Waals surface area contributed by atoms with Gasteiger partial charge in [0.25, 0.3) is 0 Å². The summed E-state index contributed by atoms with van der Waals surface area (Å²) >= 11 is 0. The molecule has 1 N–H and O–H groups in total. The molecular formula is C15H17ClN4. The van der Waals surface area contributed by atoms with Crippen LogP contribution in [-0.2, 0) is 0 Å². The first-order chi connectivity index (χ1) is 9.42. The number of benzene rings is 2. The molecule has 0 atom stereocenters. The Labute approximate surface area is 124 Å². The van der Waals surface area contributed by atoms with Crippen LogP contribution in [0.25, 0.3) is 10.4 Å². The van der Waals surface area contributed by atoms with Crippen LogP contribution in [0.2, 0.25) is 0 Å². The van der Waals surface area contributed by atoms with Crippen molar-refractivity contribution in [2.24, 2.45) is 5.11 Å². The minimum Gasteiger partial charge on any atom is -0.306 e.